The van der Waals surface area contributed by atoms with Crippen molar-refractivity contribution < 1.29 is 0 Å². The third-order valence-electron chi connectivity index (χ3n) is 5.32. The lowest BCUT2D eigenvalue weighted by Gasteiger charge is -2.47. The maximum Gasteiger partial charge on any atom is 0.0991 e. The third kappa shape index (κ3) is 3.12. The molecule has 2 aliphatic heterocycles. The molecular formula is C18H25N3. The van der Waals surface area contributed by atoms with Crippen LogP contribution in [0.2, 0.25) is 0 Å². The van der Waals surface area contributed by atoms with E-state index in [1.807, 2.05) is 12.1 Å². The molecule has 1 aromatic carbocycles. The summed E-state index contributed by atoms with van der Waals surface area (Å²) in [5.41, 5.74) is 2.57. The number of likely N-dealkylation sites (tertiary alicyclic amines) is 1. The molecule has 1 N–H and O–H groups in total. The molecule has 0 amide bonds. The van der Waals surface area contributed by atoms with Crippen molar-refractivity contribution in [1.29, 1.82) is 5.26 Å². The Morgan fingerprint density at radius 1 is 1.24 bits per heavy atom. The van der Waals surface area contributed by atoms with E-state index in [0.29, 0.717) is 11.5 Å². The molecule has 0 saturated carbocycles. The van der Waals surface area contributed by atoms with Gasteiger partial charge in [-0.05, 0) is 68.8 Å². The molecule has 0 aliphatic carbocycles. The van der Waals surface area contributed by atoms with Crippen molar-refractivity contribution in [3.8, 4) is 6.07 Å². The summed E-state index contributed by atoms with van der Waals surface area (Å²) < 4.78 is 0. The van der Waals surface area contributed by atoms with E-state index in [1.54, 1.807) is 0 Å². The van der Waals surface area contributed by atoms with Crippen LogP contribution >= 0.6 is 0 Å². The molecule has 0 bridgehead atoms. The van der Waals surface area contributed by atoms with Crippen LogP contribution in [0.4, 0.5) is 0 Å². The van der Waals surface area contributed by atoms with Crippen molar-refractivity contribution in [1.82, 2.24) is 10.2 Å². The minimum atomic E-state index is 0.442. The summed E-state index contributed by atoms with van der Waals surface area (Å²) in [5.74, 6) is 0. The predicted octanol–water partition coefficient (Wildman–Crippen LogP) is 3.08. The van der Waals surface area contributed by atoms with Crippen molar-refractivity contribution in [3.05, 3.63) is 35.4 Å². The summed E-state index contributed by atoms with van der Waals surface area (Å²) in [4.78, 5) is 2.64. The van der Waals surface area contributed by atoms with Crippen molar-refractivity contribution in [2.24, 2.45) is 5.41 Å². The molecule has 0 aromatic heterocycles. The first-order valence-corrected chi connectivity index (χ1v) is 8.17. The fourth-order valence-electron chi connectivity index (χ4n) is 4.00. The molecule has 3 rings (SSSR count). The first kappa shape index (κ1) is 14.6. The minimum absolute atomic E-state index is 0.442. The molecule has 2 fully saturated rings. The van der Waals surface area contributed by atoms with E-state index in [0.717, 1.165) is 5.56 Å². The molecule has 3 nitrogen and oxygen atoms in total. The highest BCUT2D eigenvalue weighted by atomic mass is 15.2. The highest BCUT2D eigenvalue weighted by Gasteiger charge is 2.37. The van der Waals surface area contributed by atoms with Crippen LogP contribution in [0, 0.1) is 16.7 Å². The first-order valence-electron chi connectivity index (χ1n) is 8.17. The lowest BCUT2D eigenvalue weighted by atomic mass is 9.74. The molecule has 1 aromatic rings. The lowest BCUT2D eigenvalue weighted by Crippen LogP contribution is -2.51. The second-order valence-corrected chi connectivity index (χ2v) is 6.76. The van der Waals surface area contributed by atoms with Crippen molar-refractivity contribution >= 4 is 0 Å². The summed E-state index contributed by atoms with van der Waals surface area (Å²) in [6.07, 6.45) is 5.37. The number of nitrogens with one attached hydrogen (secondary N) is 1. The summed E-state index contributed by atoms with van der Waals surface area (Å²) in [6, 6.07) is 10.7. The maximum atomic E-state index is 8.91. The van der Waals surface area contributed by atoms with Gasteiger partial charge >= 0.3 is 0 Å². The monoisotopic (exact) mass is 283 g/mol. The van der Waals surface area contributed by atoms with Crippen LogP contribution in [-0.4, -0.2) is 31.1 Å². The average Bonchev–Trinajstić information content (AvgIpc) is 2.55. The van der Waals surface area contributed by atoms with Crippen molar-refractivity contribution in [3.63, 3.8) is 0 Å². The van der Waals surface area contributed by atoms with Gasteiger partial charge in [0.15, 0.2) is 0 Å². The van der Waals surface area contributed by atoms with E-state index >= 15 is 0 Å². The Balaban J connectivity index is 1.71. The molecule has 2 aliphatic rings. The maximum absolute atomic E-state index is 8.91. The van der Waals surface area contributed by atoms with Crippen molar-refractivity contribution in [2.45, 2.75) is 38.6 Å². The molecule has 112 valence electrons. The van der Waals surface area contributed by atoms with Crippen LogP contribution in [-0.2, 0) is 0 Å². The van der Waals surface area contributed by atoms with Gasteiger partial charge in [-0.2, -0.15) is 5.26 Å². The molecule has 2 atom stereocenters. The van der Waals surface area contributed by atoms with E-state index in [-0.39, 0.29) is 0 Å². The van der Waals surface area contributed by atoms with Crippen LogP contribution < -0.4 is 5.32 Å². The molecule has 3 heteroatoms. The Hall–Kier alpha value is -1.37. The van der Waals surface area contributed by atoms with Gasteiger partial charge in [-0.25, -0.2) is 0 Å². The molecule has 0 radical (unpaired) electrons. The van der Waals surface area contributed by atoms with Gasteiger partial charge in [0.25, 0.3) is 0 Å². The number of piperidine rings is 2. The van der Waals surface area contributed by atoms with Gasteiger partial charge < -0.3 is 5.32 Å². The molecule has 21 heavy (non-hydrogen) atoms. The number of nitriles is 1. The Labute approximate surface area is 128 Å². The Kier molecular flexibility index (Phi) is 4.28. The summed E-state index contributed by atoms with van der Waals surface area (Å²) >= 11 is 0. The standard InChI is InChI=1S/C18H25N3/c1-15(17-6-4-16(12-19)5-7-17)21-11-3-9-18(14-21)8-2-10-20-13-18/h4-7,15,20H,2-3,8-11,13-14H2,1H3. The molecule has 2 unspecified atom stereocenters. The molecular weight excluding hydrogens is 258 g/mol. The van der Waals surface area contributed by atoms with Crippen LogP contribution in [0.1, 0.15) is 49.8 Å². The van der Waals surface area contributed by atoms with E-state index in [4.69, 9.17) is 5.26 Å². The second-order valence-electron chi connectivity index (χ2n) is 6.76. The van der Waals surface area contributed by atoms with E-state index < -0.39 is 0 Å². The molecule has 2 heterocycles. The van der Waals surface area contributed by atoms with Gasteiger partial charge in [-0.1, -0.05) is 12.1 Å². The van der Waals surface area contributed by atoms with E-state index in [9.17, 15) is 0 Å². The van der Waals surface area contributed by atoms with Gasteiger partial charge in [0, 0.05) is 19.1 Å². The minimum Gasteiger partial charge on any atom is -0.316 e. The third-order valence-corrected chi connectivity index (χ3v) is 5.32. The molecule has 2 saturated heterocycles. The van der Waals surface area contributed by atoms with Crippen molar-refractivity contribution in [2.75, 3.05) is 26.2 Å². The SMILES string of the molecule is CC(c1ccc(C#N)cc1)N1CCCC2(CCCNC2)C1. The number of hydrogen-bond acceptors (Lipinski definition) is 3. The number of hydrogen-bond donors (Lipinski definition) is 1. The summed E-state index contributed by atoms with van der Waals surface area (Å²) in [5, 5.41) is 12.5. The van der Waals surface area contributed by atoms with E-state index in [1.165, 1.54) is 57.4 Å². The largest absolute Gasteiger partial charge is 0.316 e. The second kappa shape index (κ2) is 6.17. The normalized spacial score (nSPS) is 28.2. The smallest absolute Gasteiger partial charge is 0.0991 e. The Morgan fingerprint density at radius 3 is 2.67 bits per heavy atom. The zero-order chi connectivity index (χ0) is 14.7. The van der Waals surface area contributed by atoms with Crippen LogP contribution in [0.25, 0.3) is 0 Å². The Morgan fingerprint density at radius 2 is 2.00 bits per heavy atom. The predicted molar refractivity (Wildman–Crippen MR) is 84.9 cm³/mol. The van der Waals surface area contributed by atoms with Gasteiger partial charge in [0.05, 0.1) is 11.6 Å². The van der Waals surface area contributed by atoms with Crippen LogP contribution in [0.5, 0.6) is 0 Å². The topological polar surface area (TPSA) is 39.1 Å². The van der Waals surface area contributed by atoms with Gasteiger partial charge in [0.1, 0.15) is 0 Å². The molecule has 1 spiro atoms. The summed E-state index contributed by atoms with van der Waals surface area (Å²) in [7, 11) is 0. The van der Waals surface area contributed by atoms with Gasteiger partial charge in [-0.3, -0.25) is 4.90 Å². The zero-order valence-electron chi connectivity index (χ0n) is 12.9. The number of rotatable bonds is 2. The highest BCUT2D eigenvalue weighted by Crippen LogP contribution is 2.38. The van der Waals surface area contributed by atoms with Gasteiger partial charge in [-0.15, -0.1) is 0 Å². The van der Waals surface area contributed by atoms with Crippen LogP contribution in [0.15, 0.2) is 24.3 Å². The summed E-state index contributed by atoms with van der Waals surface area (Å²) in [6.45, 7) is 7.08. The number of nitrogens with zero attached hydrogens (tertiary/aromatic N) is 2. The quantitative estimate of drug-likeness (QED) is 0.906. The highest BCUT2D eigenvalue weighted by molar-refractivity contribution is 5.32. The first-order chi connectivity index (χ1) is 10.2. The fraction of sp³-hybridized carbons (Fsp3) is 0.611. The lowest BCUT2D eigenvalue weighted by molar-refractivity contribution is 0.0416. The van der Waals surface area contributed by atoms with Gasteiger partial charge in [0.2, 0.25) is 0 Å². The van der Waals surface area contributed by atoms with E-state index in [2.05, 4.69) is 35.3 Å². The van der Waals surface area contributed by atoms with Crippen LogP contribution in [0.3, 0.4) is 0 Å². The zero-order valence-corrected chi connectivity index (χ0v) is 12.9. The fourth-order valence-corrected chi connectivity index (χ4v) is 4.00. The number of benzene rings is 1. The Bertz CT molecular complexity index is 503. The average molecular weight is 283 g/mol.